The Morgan fingerprint density at radius 1 is 1.33 bits per heavy atom. The monoisotopic (exact) mass is 502 g/mol. The van der Waals surface area contributed by atoms with E-state index in [1.807, 2.05) is 18.5 Å². The summed E-state index contributed by atoms with van der Waals surface area (Å²) in [4.78, 5) is 5.64. The predicted molar refractivity (Wildman–Crippen MR) is 112 cm³/mol. The molecule has 0 radical (unpaired) electrons. The van der Waals surface area contributed by atoms with E-state index < -0.39 is 12.7 Å². The van der Waals surface area contributed by atoms with Gasteiger partial charge in [-0.25, -0.2) is 0 Å². The Morgan fingerprint density at radius 3 is 2.67 bits per heavy atom. The molecule has 0 saturated carbocycles. The van der Waals surface area contributed by atoms with Crippen LogP contribution in [0, 0.1) is 19.8 Å². The van der Waals surface area contributed by atoms with Gasteiger partial charge in [-0.2, -0.15) is 18.3 Å². The maximum absolute atomic E-state index is 12.4. The lowest BCUT2D eigenvalue weighted by molar-refractivity contribution is -0.143. The van der Waals surface area contributed by atoms with Crippen molar-refractivity contribution in [1.82, 2.24) is 25.3 Å². The van der Waals surface area contributed by atoms with Crippen LogP contribution in [0.3, 0.4) is 0 Å². The van der Waals surface area contributed by atoms with E-state index in [1.54, 1.807) is 7.05 Å². The second kappa shape index (κ2) is 11.1. The molecule has 1 aromatic heterocycles. The third-order valence-corrected chi connectivity index (χ3v) is 4.50. The van der Waals surface area contributed by atoms with Gasteiger partial charge in [0.15, 0.2) is 5.96 Å². The lowest BCUT2D eigenvalue weighted by atomic mass is 10.1. The Morgan fingerprint density at radius 2 is 2.07 bits per heavy atom. The van der Waals surface area contributed by atoms with E-state index in [1.165, 1.54) is 4.90 Å². The molecule has 10 heteroatoms. The molecule has 6 nitrogen and oxygen atoms in total. The first-order chi connectivity index (χ1) is 12.3. The Labute approximate surface area is 176 Å². The molecule has 2 rings (SSSR count). The predicted octanol–water partition coefficient (Wildman–Crippen LogP) is 2.56. The van der Waals surface area contributed by atoms with Gasteiger partial charge in [0.2, 0.25) is 0 Å². The summed E-state index contributed by atoms with van der Waals surface area (Å²) in [5.41, 5.74) is 2.17. The van der Waals surface area contributed by atoms with Crippen LogP contribution in [0.2, 0.25) is 0 Å². The SMILES string of the molecule is CN=C(NCCCn1nc(C)cc1C)NCC1CCN(CC(F)(F)F)C1.I. The van der Waals surface area contributed by atoms with E-state index in [0.29, 0.717) is 25.6 Å². The molecule has 0 amide bonds. The van der Waals surface area contributed by atoms with Gasteiger partial charge in [0.1, 0.15) is 0 Å². The van der Waals surface area contributed by atoms with E-state index in [4.69, 9.17) is 0 Å². The smallest absolute Gasteiger partial charge is 0.356 e. The van der Waals surface area contributed by atoms with Gasteiger partial charge >= 0.3 is 6.18 Å². The molecule has 1 fully saturated rings. The van der Waals surface area contributed by atoms with Crippen LogP contribution in [-0.2, 0) is 6.54 Å². The maximum Gasteiger partial charge on any atom is 0.401 e. The largest absolute Gasteiger partial charge is 0.401 e. The number of rotatable bonds is 7. The number of aromatic nitrogens is 2. The Hall–Kier alpha value is -1.04. The standard InChI is InChI=1S/C17H29F3N6.HI/c1-13-9-14(2)26(24-13)7-4-6-22-16(21-3)23-10-15-5-8-25(11-15)12-17(18,19)20;/h9,15H,4-8,10-12H2,1-3H3,(H2,21,22,23);1H. The van der Waals surface area contributed by atoms with Crippen LogP contribution in [0.15, 0.2) is 11.1 Å². The van der Waals surface area contributed by atoms with Gasteiger partial charge in [-0.1, -0.05) is 0 Å². The van der Waals surface area contributed by atoms with E-state index in [9.17, 15) is 13.2 Å². The second-order valence-electron chi connectivity index (χ2n) is 6.89. The molecule has 156 valence electrons. The average Bonchev–Trinajstić information content (AvgIpc) is 3.11. The minimum atomic E-state index is -4.12. The fourth-order valence-corrected chi connectivity index (χ4v) is 3.28. The number of hydrogen-bond donors (Lipinski definition) is 2. The fourth-order valence-electron chi connectivity index (χ4n) is 3.28. The summed E-state index contributed by atoms with van der Waals surface area (Å²) in [5.74, 6) is 0.901. The summed E-state index contributed by atoms with van der Waals surface area (Å²) in [7, 11) is 1.70. The van der Waals surface area contributed by atoms with Crippen LogP contribution in [-0.4, -0.2) is 66.6 Å². The number of hydrogen-bond acceptors (Lipinski definition) is 3. The van der Waals surface area contributed by atoms with Crippen molar-refractivity contribution in [3.8, 4) is 0 Å². The molecular weight excluding hydrogens is 472 g/mol. The Balaban J connectivity index is 0.00000364. The van der Waals surface area contributed by atoms with Gasteiger partial charge in [-0.15, -0.1) is 24.0 Å². The van der Waals surface area contributed by atoms with Crippen molar-refractivity contribution in [3.05, 3.63) is 17.5 Å². The molecule has 0 spiro atoms. The molecule has 0 aromatic carbocycles. The summed E-state index contributed by atoms with van der Waals surface area (Å²) in [6, 6.07) is 2.05. The normalized spacial score (nSPS) is 18.4. The molecule has 2 heterocycles. The van der Waals surface area contributed by atoms with Crippen LogP contribution in [0.5, 0.6) is 0 Å². The summed E-state index contributed by atoms with van der Waals surface area (Å²) in [5, 5.41) is 10.9. The number of nitrogens with one attached hydrogen (secondary N) is 2. The van der Waals surface area contributed by atoms with Gasteiger partial charge in [-0.3, -0.25) is 14.6 Å². The van der Waals surface area contributed by atoms with Crippen LogP contribution in [0.4, 0.5) is 13.2 Å². The second-order valence-corrected chi connectivity index (χ2v) is 6.89. The van der Waals surface area contributed by atoms with Crippen molar-refractivity contribution in [3.63, 3.8) is 0 Å². The molecule has 1 aromatic rings. The van der Waals surface area contributed by atoms with Crippen molar-refractivity contribution in [2.45, 2.75) is 39.4 Å². The molecule has 1 unspecified atom stereocenters. The van der Waals surface area contributed by atoms with Gasteiger partial charge in [-0.05, 0) is 45.2 Å². The van der Waals surface area contributed by atoms with Crippen molar-refractivity contribution in [1.29, 1.82) is 0 Å². The van der Waals surface area contributed by atoms with Gasteiger partial charge in [0.25, 0.3) is 0 Å². The third kappa shape index (κ3) is 8.67. The highest BCUT2D eigenvalue weighted by Crippen LogP contribution is 2.22. The first-order valence-electron chi connectivity index (χ1n) is 9.01. The first-order valence-corrected chi connectivity index (χ1v) is 9.01. The zero-order chi connectivity index (χ0) is 19.2. The molecule has 0 aliphatic carbocycles. The number of nitrogens with zero attached hydrogens (tertiary/aromatic N) is 4. The highest BCUT2D eigenvalue weighted by Gasteiger charge is 2.34. The topological polar surface area (TPSA) is 57.5 Å². The zero-order valence-electron chi connectivity index (χ0n) is 16.1. The first kappa shape index (κ1) is 24.0. The van der Waals surface area contributed by atoms with Crippen LogP contribution >= 0.6 is 24.0 Å². The molecule has 1 aliphatic heterocycles. The highest BCUT2D eigenvalue weighted by molar-refractivity contribution is 14.0. The summed E-state index contributed by atoms with van der Waals surface area (Å²) in [6.07, 6.45) is -2.44. The molecule has 1 saturated heterocycles. The van der Waals surface area contributed by atoms with E-state index in [-0.39, 0.29) is 29.9 Å². The summed E-state index contributed by atoms with van der Waals surface area (Å²) >= 11 is 0. The Kier molecular flexibility index (Phi) is 9.85. The number of aliphatic imine (C=N–C) groups is 1. The maximum atomic E-state index is 12.4. The number of aryl methyl sites for hydroxylation is 3. The number of alkyl halides is 3. The summed E-state index contributed by atoms with van der Waals surface area (Å²) < 4.78 is 39.3. The molecule has 2 N–H and O–H groups in total. The fraction of sp³-hybridized carbons (Fsp3) is 0.765. The number of likely N-dealkylation sites (tertiary alicyclic amines) is 1. The van der Waals surface area contributed by atoms with Crippen molar-refractivity contribution in [2.24, 2.45) is 10.9 Å². The lowest BCUT2D eigenvalue weighted by Gasteiger charge is -2.18. The molecule has 0 bridgehead atoms. The minimum Gasteiger partial charge on any atom is -0.356 e. The highest BCUT2D eigenvalue weighted by atomic mass is 127. The van der Waals surface area contributed by atoms with E-state index in [2.05, 4.69) is 26.8 Å². The van der Waals surface area contributed by atoms with Crippen molar-refractivity contribution in [2.75, 3.05) is 39.8 Å². The zero-order valence-corrected chi connectivity index (χ0v) is 18.5. The average molecular weight is 502 g/mol. The molecule has 1 aliphatic rings. The van der Waals surface area contributed by atoms with Crippen LogP contribution in [0.25, 0.3) is 0 Å². The molecule has 1 atom stereocenters. The Bertz CT molecular complexity index is 602. The molecule has 27 heavy (non-hydrogen) atoms. The van der Waals surface area contributed by atoms with Crippen LogP contribution in [0.1, 0.15) is 24.2 Å². The van der Waals surface area contributed by atoms with E-state index >= 15 is 0 Å². The number of guanidine groups is 1. The van der Waals surface area contributed by atoms with Gasteiger partial charge < -0.3 is 10.6 Å². The van der Waals surface area contributed by atoms with Gasteiger partial charge in [0.05, 0.1) is 12.2 Å². The molecular formula is C17H30F3IN6. The van der Waals surface area contributed by atoms with Crippen molar-refractivity contribution < 1.29 is 13.2 Å². The van der Waals surface area contributed by atoms with Gasteiger partial charge in [0, 0.05) is 38.9 Å². The minimum absolute atomic E-state index is 0. The third-order valence-electron chi connectivity index (χ3n) is 4.50. The van der Waals surface area contributed by atoms with E-state index in [0.717, 1.165) is 37.3 Å². The van der Waals surface area contributed by atoms with Crippen LogP contribution < -0.4 is 10.6 Å². The number of halogens is 4. The lowest BCUT2D eigenvalue weighted by Crippen LogP contribution is -2.41. The quantitative estimate of drug-likeness (QED) is 0.261. The summed E-state index contributed by atoms with van der Waals surface area (Å²) in [6.45, 7) is 6.39. The van der Waals surface area contributed by atoms with Crippen molar-refractivity contribution >= 4 is 29.9 Å².